The van der Waals surface area contributed by atoms with E-state index in [1.54, 1.807) is 11.8 Å². The maximum Gasteiger partial charge on any atom is 0.245 e. The van der Waals surface area contributed by atoms with Gasteiger partial charge in [0, 0.05) is 13.2 Å². The molecule has 5 nitrogen and oxygen atoms in total. The van der Waals surface area contributed by atoms with Gasteiger partial charge in [0.05, 0.1) is 6.61 Å². The number of rotatable bonds is 8. The van der Waals surface area contributed by atoms with Crippen LogP contribution in [-0.4, -0.2) is 48.6 Å². The lowest BCUT2D eigenvalue weighted by molar-refractivity contribution is -0.149. The van der Waals surface area contributed by atoms with Gasteiger partial charge in [0.15, 0.2) is 0 Å². The monoisotopic (exact) mass is 270 g/mol. The first-order chi connectivity index (χ1) is 9.11. The van der Waals surface area contributed by atoms with Crippen LogP contribution in [-0.2, 0) is 14.3 Å². The van der Waals surface area contributed by atoms with E-state index in [1.165, 1.54) is 0 Å². The summed E-state index contributed by atoms with van der Waals surface area (Å²) in [7, 11) is 0. The van der Waals surface area contributed by atoms with Crippen LogP contribution >= 0.6 is 0 Å². The van der Waals surface area contributed by atoms with Crippen molar-refractivity contribution in [1.82, 2.24) is 10.2 Å². The molecule has 2 amide bonds. The Morgan fingerprint density at radius 3 is 2.58 bits per heavy atom. The first kappa shape index (κ1) is 16.0. The number of amides is 2. The fraction of sp³-hybridized carbons (Fsp3) is 0.857. The molecule has 5 heteroatoms. The zero-order chi connectivity index (χ0) is 14.3. The average Bonchev–Trinajstić information content (AvgIpc) is 2.38. The molecule has 2 atom stereocenters. The molecule has 1 rings (SSSR count). The molecule has 1 heterocycles. The molecule has 0 saturated carbocycles. The summed E-state index contributed by atoms with van der Waals surface area (Å²) < 4.78 is 5.50. The lowest BCUT2D eigenvalue weighted by Crippen LogP contribution is -2.62. The number of ether oxygens (including phenoxy) is 1. The van der Waals surface area contributed by atoms with Crippen LogP contribution in [0, 0.1) is 0 Å². The van der Waals surface area contributed by atoms with Gasteiger partial charge in [-0.3, -0.25) is 9.59 Å². The smallest absolute Gasteiger partial charge is 0.245 e. The minimum atomic E-state index is -0.420. The molecule has 0 aromatic carbocycles. The molecule has 0 bridgehead atoms. The predicted octanol–water partition coefficient (Wildman–Crippen LogP) is 1.32. The van der Waals surface area contributed by atoms with Crippen molar-refractivity contribution in [3.05, 3.63) is 0 Å². The van der Waals surface area contributed by atoms with Gasteiger partial charge in [-0.25, -0.2) is 0 Å². The lowest BCUT2D eigenvalue weighted by Gasteiger charge is -2.37. The van der Waals surface area contributed by atoms with Crippen molar-refractivity contribution in [3.63, 3.8) is 0 Å². The fourth-order valence-corrected chi connectivity index (χ4v) is 2.25. The number of hydrogen-bond donors (Lipinski definition) is 1. The van der Waals surface area contributed by atoms with E-state index in [4.69, 9.17) is 4.74 Å². The van der Waals surface area contributed by atoms with E-state index in [0.717, 1.165) is 25.9 Å². The second-order valence-corrected chi connectivity index (χ2v) is 5.03. The minimum absolute atomic E-state index is 0.00265. The van der Waals surface area contributed by atoms with Crippen LogP contribution in [0.25, 0.3) is 0 Å². The normalized spacial score (nSPS) is 23.6. The third-order valence-corrected chi connectivity index (χ3v) is 3.37. The fourth-order valence-electron chi connectivity index (χ4n) is 2.25. The third kappa shape index (κ3) is 4.49. The number of nitrogens with zero attached hydrogens (tertiary/aromatic N) is 1. The van der Waals surface area contributed by atoms with E-state index >= 15 is 0 Å². The van der Waals surface area contributed by atoms with Crippen LogP contribution in [0.5, 0.6) is 0 Å². The first-order valence-electron chi connectivity index (χ1n) is 7.30. The van der Waals surface area contributed by atoms with Gasteiger partial charge in [-0.15, -0.1) is 0 Å². The summed E-state index contributed by atoms with van der Waals surface area (Å²) in [4.78, 5) is 25.8. The van der Waals surface area contributed by atoms with Crippen molar-refractivity contribution in [1.29, 1.82) is 0 Å². The van der Waals surface area contributed by atoms with Gasteiger partial charge in [-0.2, -0.15) is 0 Å². The molecule has 0 spiro atoms. The maximum absolute atomic E-state index is 12.1. The number of nitrogens with one attached hydrogen (secondary N) is 1. The number of hydrogen-bond acceptors (Lipinski definition) is 3. The Morgan fingerprint density at radius 1 is 1.21 bits per heavy atom. The zero-order valence-corrected chi connectivity index (χ0v) is 12.3. The van der Waals surface area contributed by atoms with E-state index in [2.05, 4.69) is 12.2 Å². The quantitative estimate of drug-likeness (QED) is 0.677. The molecule has 1 aliphatic heterocycles. The van der Waals surface area contributed by atoms with Crippen molar-refractivity contribution in [2.75, 3.05) is 19.8 Å². The van der Waals surface area contributed by atoms with Crippen molar-refractivity contribution < 1.29 is 14.3 Å². The highest BCUT2D eigenvalue weighted by atomic mass is 16.5. The molecule has 0 radical (unpaired) electrons. The van der Waals surface area contributed by atoms with Crippen LogP contribution in [0.1, 0.15) is 46.5 Å². The van der Waals surface area contributed by atoms with E-state index in [9.17, 15) is 9.59 Å². The summed E-state index contributed by atoms with van der Waals surface area (Å²) in [5.41, 5.74) is 0. The summed E-state index contributed by atoms with van der Waals surface area (Å²) in [5, 5.41) is 2.73. The molecule has 1 N–H and O–H groups in total. The Kier molecular flexibility index (Phi) is 6.84. The zero-order valence-electron chi connectivity index (χ0n) is 12.3. The van der Waals surface area contributed by atoms with Crippen molar-refractivity contribution >= 4 is 11.8 Å². The van der Waals surface area contributed by atoms with E-state index in [1.807, 2.05) is 6.92 Å². The Bertz CT molecular complexity index is 307. The Labute approximate surface area is 115 Å². The summed E-state index contributed by atoms with van der Waals surface area (Å²) in [6.45, 7) is 7.59. The average molecular weight is 270 g/mol. The van der Waals surface area contributed by atoms with Gasteiger partial charge < -0.3 is 15.0 Å². The molecule has 1 fully saturated rings. The summed E-state index contributed by atoms with van der Waals surface area (Å²) >= 11 is 0. The predicted molar refractivity (Wildman–Crippen MR) is 73.7 cm³/mol. The molecule has 2 unspecified atom stereocenters. The number of unbranched alkanes of at least 4 members (excludes halogenated alkanes) is 1. The van der Waals surface area contributed by atoms with Gasteiger partial charge in [-0.1, -0.05) is 26.7 Å². The van der Waals surface area contributed by atoms with Crippen molar-refractivity contribution in [2.24, 2.45) is 0 Å². The highest BCUT2D eigenvalue weighted by Crippen LogP contribution is 2.14. The standard InChI is InChI=1S/C14H26N2O3/c1-4-6-9-19-10-8-16-12(7-5-2)13(17)15-11(3)14(16)18/h11-12H,4-10H2,1-3H3,(H,15,17). The van der Waals surface area contributed by atoms with Gasteiger partial charge >= 0.3 is 0 Å². The van der Waals surface area contributed by atoms with Crippen LogP contribution in [0.4, 0.5) is 0 Å². The van der Waals surface area contributed by atoms with Gasteiger partial charge in [-0.05, 0) is 19.8 Å². The topological polar surface area (TPSA) is 58.6 Å². The van der Waals surface area contributed by atoms with E-state index in [0.29, 0.717) is 19.6 Å². The largest absolute Gasteiger partial charge is 0.380 e. The Balaban J connectivity index is 2.52. The SMILES string of the molecule is CCCCOCCN1C(=O)C(C)NC(=O)C1CCC. The summed E-state index contributed by atoms with van der Waals surface area (Å²) in [5.74, 6) is -0.0420. The van der Waals surface area contributed by atoms with Crippen LogP contribution in [0.3, 0.4) is 0 Å². The van der Waals surface area contributed by atoms with Crippen LogP contribution < -0.4 is 5.32 Å². The number of piperazine rings is 1. The molecule has 110 valence electrons. The molecule has 0 aromatic rings. The maximum atomic E-state index is 12.1. The Morgan fingerprint density at radius 2 is 1.95 bits per heavy atom. The molecule has 1 saturated heterocycles. The third-order valence-electron chi connectivity index (χ3n) is 3.37. The molecule has 1 aliphatic rings. The van der Waals surface area contributed by atoms with Crippen molar-refractivity contribution in [2.45, 2.75) is 58.5 Å². The highest BCUT2D eigenvalue weighted by molar-refractivity contribution is 5.96. The molecule has 0 aliphatic carbocycles. The lowest BCUT2D eigenvalue weighted by atomic mass is 10.0. The van der Waals surface area contributed by atoms with Gasteiger partial charge in [0.2, 0.25) is 11.8 Å². The second-order valence-electron chi connectivity index (χ2n) is 5.03. The minimum Gasteiger partial charge on any atom is -0.380 e. The van der Waals surface area contributed by atoms with E-state index < -0.39 is 6.04 Å². The summed E-state index contributed by atoms with van der Waals surface area (Å²) in [6.07, 6.45) is 3.72. The second kappa shape index (κ2) is 8.15. The summed E-state index contributed by atoms with van der Waals surface area (Å²) in [6, 6.07) is -0.750. The number of carbonyl (C=O) groups is 2. The van der Waals surface area contributed by atoms with E-state index in [-0.39, 0.29) is 17.9 Å². The first-order valence-corrected chi connectivity index (χ1v) is 7.30. The Hall–Kier alpha value is -1.10. The molecule has 19 heavy (non-hydrogen) atoms. The molecular weight excluding hydrogens is 244 g/mol. The van der Waals surface area contributed by atoms with Crippen LogP contribution in [0.2, 0.25) is 0 Å². The molecule has 0 aromatic heterocycles. The van der Waals surface area contributed by atoms with Gasteiger partial charge in [0.25, 0.3) is 0 Å². The van der Waals surface area contributed by atoms with Crippen LogP contribution in [0.15, 0.2) is 0 Å². The number of carbonyl (C=O) groups excluding carboxylic acids is 2. The van der Waals surface area contributed by atoms with Gasteiger partial charge in [0.1, 0.15) is 12.1 Å². The van der Waals surface area contributed by atoms with Crippen molar-refractivity contribution in [3.8, 4) is 0 Å². The molecular formula is C14H26N2O3. The highest BCUT2D eigenvalue weighted by Gasteiger charge is 2.37.